The van der Waals surface area contributed by atoms with Crippen molar-refractivity contribution in [3.05, 3.63) is 83.6 Å². The van der Waals surface area contributed by atoms with Gasteiger partial charge in [-0.2, -0.15) is 0 Å². The van der Waals surface area contributed by atoms with Crippen LogP contribution in [0.5, 0.6) is 11.6 Å². The number of carbonyl (C=O) groups excluding carboxylic acids is 1. The predicted molar refractivity (Wildman–Crippen MR) is 115 cm³/mol. The molecular weight excluding hydrogens is 419 g/mol. The van der Waals surface area contributed by atoms with Crippen LogP contribution < -0.4 is 0 Å². The molecule has 0 amide bonds. The Morgan fingerprint density at radius 1 is 1.06 bits per heavy atom. The van der Waals surface area contributed by atoms with E-state index in [9.17, 15) is 19.4 Å². The molecule has 5 rings (SSSR count). The number of aryl methyl sites for hydroxylation is 1. The smallest absolute Gasteiger partial charge is 0.242 e. The van der Waals surface area contributed by atoms with Gasteiger partial charge in [-0.3, -0.25) is 9.36 Å². The molecule has 0 unspecified atom stereocenters. The summed E-state index contributed by atoms with van der Waals surface area (Å²) in [6.07, 6.45) is 0. The van der Waals surface area contributed by atoms with E-state index in [0.29, 0.717) is 22.0 Å². The molecule has 0 bridgehead atoms. The Labute approximate surface area is 179 Å². The van der Waals surface area contributed by atoms with Crippen LogP contribution >= 0.6 is 11.3 Å². The van der Waals surface area contributed by atoms with E-state index in [-0.39, 0.29) is 17.0 Å². The Morgan fingerprint density at radius 3 is 2.48 bits per heavy atom. The quantitative estimate of drug-likeness (QED) is 0.368. The van der Waals surface area contributed by atoms with Crippen LogP contribution in [0.2, 0.25) is 0 Å². The summed E-state index contributed by atoms with van der Waals surface area (Å²) in [5, 5.41) is 21.9. The zero-order valence-electron chi connectivity index (χ0n) is 16.2. The van der Waals surface area contributed by atoms with Crippen LogP contribution in [-0.4, -0.2) is 25.5 Å². The molecule has 2 N–H and O–H groups in total. The van der Waals surface area contributed by atoms with Crippen LogP contribution in [0.4, 0.5) is 4.39 Å². The van der Waals surface area contributed by atoms with Crippen molar-refractivity contribution in [3.63, 3.8) is 0 Å². The summed E-state index contributed by atoms with van der Waals surface area (Å²) < 4.78 is 21.2. The molecule has 0 radical (unpaired) electrons. The molecule has 31 heavy (non-hydrogen) atoms. The lowest BCUT2D eigenvalue weighted by molar-refractivity contribution is 0.101. The molecule has 6 nitrogen and oxygen atoms in total. The van der Waals surface area contributed by atoms with Crippen molar-refractivity contribution in [3.8, 4) is 28.0 Å². The van der Waals surface area contributed by atoms with Gasteiger partial charge in [-0.1, -0.05) is 23.5 Å². The second-order valence-electron chi connectivity index (χ2n) is 6.94. The highest BCUT2D eigenvalue weighted by molar-refractivity contribution is 7.20. The molecule has 5 aromatic rings. The third-order valence-electron chi connectivity index (χ3n) is 4.90. The summed E-state index contributed by atoms with van der Waals surface area (Å²) in [7, 11) is 0. The SMILES string of the molecule is Cc1ccc(C(=O)c2c(O)c(O)n(-c3nc4ccccc4s3)c2-c2ccc(F)cc2)o1. The van der Waals surface area contributed by atoms with E-state index < -0.39 is 23.2 Å². The van der Waals surface area contributed by atoms with Gasteiger partial charge in [-0.15, -0.1) is 0 Å². The average Bonchev–Trinajstić information content (AvgIpc) is 3.45. The number of hydrogen-bond acceptors (Lipinski definition) is 6. The highest BCUT2D eigenvalue weighted by Gasteiger charge is 2.32. The summed E-state index contributed by atoms with van der Waals surface area (Å²) in [5.41, 5.74) is 1.16. The van der Waals surface area contributed by atoms with Gasteiger partial charge in [0, 0.05) is 0 Å². The number of para-hydroxylation sites is 1. The van der Waals surface area contributed by atoms with E-state index in [2.05, 4.69) is 4.98 Å². The van der Waals surface area contributed by atoms with Gasteiger partial charge in [0.15, 0.2) is 16.6 Å². The molecule has 0 spiro atoms. The van der Waals surface area contributed by atoms with Gasteiger partial charge < -0.3 is 14.6 Å². The second-order valence-corrected chi connectivity index (χ2v) is 7.95. The number of furan rings is 1. The Balaban J connectivity index is 1.81. The number of benzene rings is 2. The Hall–Kier alpha value is -3.91. The zero-order valence-corrected chi connectivity index (χ0v) is 17.0. The van der Waals surface area contributed by atoms with Crippen LogP contribution in [0.15, 0.2) is 65.1 Å². The number of ketones is 1. The van der Waals surface area contributed by atoms with Crippen molar-refractivity contribution in [1.82, 2.24) is 9.55 Å². The third kappa shape index (κ3) is 3.08. The van der Waals surface area contributed by atoms with Gasteiger partial charge in [-0.25, -0.2) is 9.37 Å². The summed E-state index contributed by atoms with van der Waals surface area (Å²) >= 11 is 1.28. The van der Waals surface area contributed by atoms with Crippen molar-refractivity contribution in [2.75, 3.05) is 0 Å². The number of carbonyl (C=O) groups is 1. The van der Waals surface area contributed by atoms with E-state index in [1.807, 2.05) is 24.3 Å². The number of fused-ring (bicyclic) bond motifs is 1. The van der Waals surface area contributed by atoms with E-state index in [4.69, 9.17) is 4.42 Å². The largest absolute Gasteiger partial charge is 0.503 e. The Morgan fingerprint density at radius 2 is 1.81 bits per heavy atom. The second kappa shape index (κ2) is 7.10. The van der Waals surface area contributed by atoms with Gasteiger partial charge in [0.2, 0.25) is 11.7 Å². The molecule has 0 saturated heterocycles. The fourth-order valence-electron chi connectivity index (χ4n) is 3.47. The van der Waals surface area contributed by atoms with Crippen LogP contribution in [0.25, 0.3) is 26.6 Å². The van der Waals surface area contributed by atoms with Crippen LogP contribution in [-0.2, 0) is 0 Å². The minimum Gasteiger partial charge on any atom is -0.503 e. The third-order valence-corrected chi connectivity index (χ3v) is 5.93. The van der Waals surface area contributed by atoms with Gasteiger partial charge in [0.05, 0.1) is 21.5 Å². The zero-order chi connectivity index (χ0) is 21.7. The Bertz CT molecular complexity index is 1410. The van der Waals surface area contributed by atoms with E-state index in [1.54, 1.807) is 13.0 Å². The van der Waals surface area contributed by atoms with Crippen molar-refractivity contribution < 1.29 is 23.8 Å². The summed E-state index contributed by atoms with van der Waals surface area (Å²) in [6, 6.07) is 16.0. The predicted octanol–water partition coefficient (Wildman–Crippen LogP) is 5.44. The summed E-state index contributed by atoms with van der Waals surface area (Å²) in [6.45, 7) is 1.70. The minimum atomic E-state index is -0.611. The maximum Gasteiger partial charge on any atom is 0.242 e. The molecule has 2 aromatic carbocycles. The fourth-order valence-corrected chi connectivity index (χ4v) is 4.44. The first-order valence-electron chi connectivity index (χ1n) is 9.33. The van der Waals surface area contributed by atoms with Crippen LogP contribution in [0.1, 0.15) is 21.9 Å². The standard InChI is InChI=1S/C23H15FN2O4S/c1-12-6-11-16(30-12)20(27)18-19(13-7-9-14(24)10-8-13)26(22(29)21(18)28)23-25-15-4-2-3-5-17(15)31-23/h2-11,28-29H,1H3. The maximum absolute atomic E-state index is 13.6. The van der Waals surface area contributed by atoms with Gasteiger partial charge in [-0.05, 0) is 61.0 Å². The van der Waals surface area contributed by atoms with E-state index in [1.165, 1.54) is 46.2 Å². The topological polar surface area (TPSA) is 88.5 Å². The maximum atomic E-state index is 13.6. The molecule has 3 heterocycles. The highest BCUT2D eigenvalue weighted by atomic mass is 32.1. The van der Waals surface area contributed by atoms with Gasteiger partial charge in [0.25, 0.3) is 0 Å². The molecule has 0 aliphatic carbocycles. The Kier molecular flexibility index (Phi) is 4.37. The number of aromatic hydroxyl groups is 2. The number of aromatic nitrogens is 2. The van der Waals surface area contributed by atoms with Gasteiger partial charge in [0.1, 0.15) is 11.6 Å². The number of halogens is 1. The van der Waals surface area contributed by atoms with E-state index in [0.717, 1.165) is 4.70 Å². The first kappa shape index (κ1) is 19.1. The van der Waals surface area contributed by atoms with Crippen LogP contribution in [0.3, 0.4) is 0 Å². The first-order chi connectivity index (χ1) is 14.9. The molecule has 0 fully saturated rings. The van der Waals surface area contributed by atoms with Crippen molar-refractivity contribution in [2.24, 2.45) is 0 Å². The number of hydrogen-bond donors (Lipinski definition) is 2. The molecule has 8 heteroatoms. The van der Waals surface area contributed by atoms with Crippen molar-refractivity contribution in [2.45, 2.75) is 6.92 Å². The highest BCUT2D eigenvalue weighted by Crippen LogP contribution is 2.45. The molecular formula is C23H15FN2O4S. The average molecular weight is 434 g/mol. The molecule has 0 aliphatic heterocycles. The molecule has 154 valence electrons. The lowest BCUT2D eigenvalue weighted by Crippen LogP contribution is -2.04. The number of nitrogens with zero attached hydrogens (tertiary/aromatic N) is 2. The molecule has 0 aliphatic rings. The molecule has 0 atom stereocenters. The monoisotopic (exact) mass is 434 g/mol. The van der Waals surface area contributed by atoms with Gasteiger partial charge >= 0.3 is 0 Å². The fraction of sp³-hybridized carbons (Fsp3) is 0.0435. The van der Waals surface area contributed by atoms with E-state index >= 15 is 0 Å². The number of rotatable bonds is 4. The minimum absolute atomic E-state index is 0.0117. The summed E-state index contributed by atoms with van der Waals surface area (Å²) in [4.78, 5) is 17.8. The molecule has 0 saturated carbocycles. The lowest BCUT2D eigenvalue weighted by atomic mass is 10.0. The van der Waals surface area contributed by atoms with Crippen molar-refractivity contribution >= 4 is 27.3 Å². The summed E-state index contributed by atoms with van der Waals surface area (Å²) in [5.74, 6) is -1.66. The van der Waals surface area contributed by atoms with Crippen LogP contribution in [0, 0.1) is 12.7 Å². The molecule has 3 aromatic heterocycles. The number of thiazole rings is 1. The normalized spacial score (nSPS) is 11.3. The first-order valence-corrected chi connectivity index (χ1v) is 10.2. The lowest BCUT2D eigenvalue weighted by Gasteiger charge is -2.09. The van der Waals surface area contributed by atoms with Crippen molar-refractivity contribution in [1.29, 1.82) is 0 Å².